The summed E-state index contributed by atoms with van der Waals surface area (Å²) in [6, 6.07) is 18.3. The first-order valence-corrected chi connectivity index (χ1v) is 10.1. The molecule has 1 aliphatic carbocycles. The second-order valence-corrected chi connectivity index (χ2v) is 7.79. The van der Waals surface area contributed by atoms with Crippen molar-refractivity contribution in [3.8, 4) is 0 Å². The second kappa shape index (κ2) is 8.28. The summed E-state index contributed by atoms with van der Waals surface area (Å²) in [7, 11) is 0. The van der Waals surface area contributed by atoms with Gasteiger partial charge in [-0.1, -0.05) is 54.1 Å². The Labute approximate surface area is 166 Å². The van der Waals surface area contributed by atoms with E-state index >= 15 is 0 Å². The average molecular weight is 381 g/mol. The summed E-state index contributed by atoms with van der Waals surface area (Å²) >= 11 is 5.99. The molecule has 140 valence electrons. The van der Waals surface area contributed by atoms with Crippen LogP contribution in [0.5, 0.6) is 0 Å². The lowest BCUT2D eigenvalue weighted by Crippen LogP contribution is -2.46. The zero-order valence-corrected chi connectivity index (χ0v) is 16.2. The van der Waals surface area contributed by atoms with Gasteiger partial charge in [-0.25, -0.2) is 0 Å². The van der Waals surface area contributed by atoms with Crippen LogP contribution >= 0.6 is 11.6 Å². The van der Waals surface area contributed by atoms with Gasteiger partial charge in [-0.2, -0.15) is 0 Å². The zero-order valence-electron chi connectivity index (χ0n) is 15.5. The number of hydrogen-bond acceptors (Lipinski definition) is 2. The van der Waals surface area contributed by atoms with Gasteiger partial charge in [-0.05, 0) is 60.9 Å². The third-order valence-corrected chi connectivity index (χ3v) is 5.82. The monoisotopic (exact) mass is 380 g/mol. The molecule has 0 saturated heterocycles. The van der Waals surface area contributed by atoms with Gasteiger partial charge >= 0.3 is 0 Å². The molecule has 0 fully saturated rings. The van der Waals surface area contributed by atoms with E-state index in [1.165, 1.54) is 23.1 Å². The van der Waals surface area contributed by atoms with Crippen molar-refractivity contribution in [2.24, 2.45) is 0 Å². The molecule has 0 bridgehead atoms. The number of rotatable bonds is 6. The Hall–Kier alpha value is -2.10. The molecule has 0 saturated carbocycles. The highest BCUT2D eigenvalue weighted by Crippen LogP contribution is 2.35. The van der Waals surface area contributed by atoms with E-state index in [1.54, 1.807) is 0 Å². The van der Waals surface area contributed by atoms with Gasteiger partial charge in [0.05, 0.1) is 0 Å². The molecular weight excluding hydrogens is 356 g/mol. The molecular formula is C23H25ClN2O. The molecule has 2 aromatic rings. The Morgan fingerprint density at radius 2 is 1.70 bits per heavy atom. The molecule has 1 heterocycles. The number of carbonyl (C=O) groups is 1. The standard InChI is InChI=1S/C23H25ClN2O/c24-19-12-10-17(11-13-19)14-15-26-22(25-16-18-6-2-1-3-7-18)20-8-4-5-9-21(20)23(26)27/h1-3,6-7,10-13,22,25H,4-5,8-9,14-16H2/t22-/m0/s1. The fourth-order valence-electron chi connectivity index (χ4n) is 4.13. The van der Waals surface area contributed by atoms with Crippen LogP contribution in [0.2, 0.25) is 5.02 Å². The van der Waals surface area contributed by atoms with Gasteiger partial charge in [0.1, 0.15) is 6.17 Å². The van der Waals surface area contributed by atoms with E-state index in [0.717, 1.165) is 49.4 Å². The van der Waals surface area contributed by atoms with Crippen molar-refractivity contribution in [1.82, 2.24) is 10.2 Å². The number of halogens is 1. The summed E-state index contributed by atoms with van der Waals surface area (Å²) in [5.74, 6) is 0.226. The Morgan fingerprint density at radius 1 is 0.963 bits per heavy atom. The maximum atomic E-state index is 13.0. The van der Waals surface area contributed by atoms with Crippen LogP contribution in [0, 0.1) is 0 Å². The first kappa shape index (κ1) is 18.3. The number of nitrogens with one attached hydrogen (secondary N) is 1. The van der Waals surface area contributed by atoms with Crippen molar-refractivity contribution in [3.05, 3.63) is 81.9 Å². The van der Waals surface area contributed by atoms with Crippen molar-refractivity contribution in [1.29, 1.82) is 0 Å². The van der Waals surface area contributed by atoms with E-state index in [9.17, 15) is 4.79 Å². The normalized spacial score (nSPS) is 19.5. The highest BCUT2D eigenvalue weighted by atomic mass is 35.5. The minimum Gasteiger partial charge on any atom is -0.319 e. The van der Waals surface area contributed by atoms with Gasteiger partial charge in [-0.15, -0.1) is 0 Å². The smallest absolute Gasteiger partial charge is 0.251 e. The fourth-order valence-corrected chi connectivity index (χ4v) is 4.25. The summed E-state index contributed by atoms with van der Waals surface area (Å²) in [6.07, 6.45) is 5.13. The fraction of sp³-hybridized carbons (Fsp3) is 0.348. The van der Waals surface area contributed by atoms with Gasteiger partial charge in [0.2, 0.25) is 0 Å². The average Bonchev–Trinajstić information content (AvgIpc) is 2.98. The Balaban J connectivity index is 1.49. The van der Waals surface area contributed by atoms with Crippen LogP contribution in [0.25, 0.3) is 0 Å². The van der Waals surface area contributed by atoms with Crippen molar-refractivity contribution < 1.29 is 4.79 Å². The van der Waals surface area contributed by atoms with E-state index in [2.05, 4.69) is 29.6 Å². The predicted molar refractivity (Wildman–Crippen MR) is 109 cm³/mol. The lowest BCUT2D eigenvalue weighted by Gasteiger charge is -2.28. The minimum atomic E-state index is 0.0281. The van der Waals surface area contributed by atoms with E-state index in [1.807, 2.05) is 35.2 Å². The van der Waals surface area contributed by atoms with Gasteiger partial charge in [0, 0.05) is 23.7 Å². The molecule has 1 amide bonds. The molecule has 0 unspecified atom stereocenters. The summed E-state index contributed by atoms with van der Waals surface area (Å²) in [5, 5.41) is 4.39. The van der Waals surface area contributed by atoms with Crippen molar-refractivity contribution in [3.63, 3.8) is 0 Å². The van der Waals surface area contributed by atoms with Crippen molar-refractivity contribution >= 4 is 17.5 Å². The number of hydrogen-bond donors (Lipinski definition) is 1. The van der Waals surface area contributed by atoms with E-state index in [4.69, 9.17) is 11.6 Å². The highest BCUT2D eigenvalue weighted by molar-refractivity contribution is 6.30. The number of amides is 1. The molecule has 27 heavy (non-hydrogen) atoms. The van der Waals surface area contributed by atoms with Gasteiger partial charge in [-0.3, -0.25) is 10.1 Å². The lowest BCUT2D eigenvalue weighted by atomic mass is 9.92. The molecule has 3 nitrogen and oxygen atoms in total. The number of carbonyl (C=O) groups excluding carboxylic acids is 1. The molecule has 2 aromatic carbocycles. The third kappa shape index (κ3) is 4.10. The Kier molecular flexibility index (Phi) is 5.61. The molecule has 0 aromatic heterocycles. The third-order valence-electron chi connectivity index (χ3n) is 5.57. The number of benzene rings is 2. The first-order chi connectivity index (χ1) is 13.2. The van der Waals surface area contributed by atoms with Crippen molar-refractivity contribution in [2.45, 2.75) is 44.8 Å². The van der Waals surface area contributed by atoms with E-state index in [0.29, 0.717) is 0 Å². The van der Waals surface area contributed by atoms with E-state index < -0.39 is 0 Å². The SMILES string of the molecule is O=C1C2=C(CCCC2)[C@@H](NCc2ccccc2)N1CCc1ccc(Cl)cc1. The van der Waals surface area contributed by atoms with Crippen molar-refractivity contribution in [2.75, 3.05) is 6.54 Å². The van der Waals surface area contributed by atoms with Crippen LogP contribution in [-0.4, -0.2) is 23.5 Å². The van der Waals surface area contributed by atoms with Crippen LogP contribution in [0.3, 0.4) is 0 Å². The molecule has 1 N–H and O–H groups in total. The summed E-state index contributed by atoms with van der Waals surface area (Å²) < 4.78 is 0. The van der Waals surface area contributed by atoms with E-state index in [-0.39, 0.29) is 12.1 Å². The Bertz CT molecular complexity index is 829. The topological polar surface area (TPSA) is 32.3 Å². The van der Waals surface area contributed by atoms with Crippen LogP contribution in [0.1, 0.15) is 36.8 Å². The first-order valence-electron chi connectivity index (χ1n) is 9.77. The van der Waals surface area contributed by atoms with Gasteiger partial charge in [0.25, 0.3) is 5.91 Å². The largest absolute Gasteiger partial charge is 0.319 e. The maximum absolute atomic E-state index is 13.0. The molecule has 0 radical (unpaired) electrons. The summed E-state index contributed by atoms with van der Waals surface area (Å²) in [5.41, 5.74) is 4.83. The maximum Gasteiger partial charge on any atom is 0.251 e. The molecule has 1 aliphatic heterocycles. The Morgan fingerprint density at radius 3 is 2.48 bits per heavy atom. The molecule has 1 atom stereocenters. The van der Waals surface area contributed by atoms with Gasteiger partial charge < -0.3 is 4.90 Å². The van der Waals surface area contributed by atoms with Gasteiger partial charge in [0.15, 0.2) is 0 Å². The minimum absolute atomic E-state index is 0.0281. The van der Waals surface area contributed by atoms with Crippen LogP contribution in [0.15, 0.2) is 65.7 Å². The second-order valence-electron chi connectivity index (χ2n) is 7.35. The van der Waals surface area contributed by atoms with Crippen LogP contribution < -0.4 is 5.32 Å². The predicted octanol–water partition coefficient (Wildman–Crippen LogP) is 4.71. The molecule has 4 rings (SSSR count). The number of nitrogens with zero attached hydrogens (tertiary/aromatic N) is 1. The molecule has 4 heteroatoms. The quantitative estimate of drug-likeness (QED) is 0.787. The molecule has 0 spiro atoms. The zero-order chi connectivity index (χ0) is 18.6. The lowest BCUT2D eigenvalue weighted by molar-refractivity contribution is -0.127. The molecule has 2 aliphatic rings. The van der Waals surface area contributed by atoms with Crippen LogP contribution in [0.4, 0.5) is 0 Å². The van der Waals surface area contributed by atoms with Crippen LogP contribution in [-0.2, 0) is 17.8 Å². The summed E-state index contributed by atoms with van der Waals surface area (Å²) in [6.45, 7) is 1.49. The summed E-state index contributed by atoms with van der Waals surface area (Å²) in [4.78, 5) is 15.1. The highest BCUT2D eigenvalue weighted by Gasteiger charge is 2.38.